The van der Waals surface area contributed by atoms with Crippen LogP contribution in [0.2, 0.25) is 0 Å². The van der Waals surface area contributed by atoms with Gasteiger partial charge in [0.2, 0.25) is 11.8 Å². The average molecular weight is 405 g/mol. The number of hydrogen-bond acceptors (Lipinski definition) is 5. The van der Waals surface area contributed by atoms with Gasteiger partial charge in [0.1, 0.15) is 12.4 Å². The number of carbonyl (C=O) groups excluding carboxylic acids is 1. The molecule has 0 bridgehead atoms. The molecule has 156 valence electrons. The van der Waals surface area contributed by atoms with Crippen molar-refractivity contribution in [1.82, 2.24) is 15.5 Å². The molecule has 0 fully saturated rings. The summed E-state index contributed by atoms with van der Waals surface area (Å²) in [5.74, 6) is 1.10. The van der Waals surface area contributed by atoms with E-state index in [-0.39, 0.29) is 11.8 Å². The minimum atomic E-state index is -0.153. The Morgan fingerprint density at radius 1 is 0.933 bits per heavy atom. The zero-order valence-electron chi connectivity index (χ0n) is 17.4. The number of aromatic nitrogens is 2. The molecule has 3 rings (SSSR count). The highest BCUT2D eigenvalue weighted by atomic mass is 16.5. The van der Waals surface area contributed by atoms with E-state index < -0.39 is 0 Å². The smallest absolute Gasteiger partial charge is 0.233 e. The van der Waals surface area contributed by atoms with E-state index in [1.807, 2.05) is 74.5 Å². The molecule has 1 atom stereocenters. The second kappa shape index (κ2) is 11.0. The Hall–Kier alpha value is -3.41. The van der Waals surface area contributed by atoms with E-state index in [2.05, 4.69) is 15.5 Å². The summed E-state index contributed by atoms with van der Waals surface area (Å²) in [5, 5.41) is 11.3. The number of amides is 1. The molecule has 0 saturated heterocycles. The highest BCUT2D eigenvalue weighted by Crippen LogP contribution is 2.21. The Morgan fingerprint density at radius 3 is 2.33 bits per heavy atom. The van der Waals surface area contributed by atoms with Gasteiger partial charge in [0.05, 0.1) is 24.8 Å². The van der Waals surface area contributed by atoms with Gasteiger partial charge >= 0.3 is 0 Å². The lowest BCUT2D eigenvalue weighted by Crippen LogP contribution is -2.32. The van der Waals surface area contributed by atoms with Gasteiger partial charge in [0.15, 0.2) is 0 Å². The minimum Gasteiger partial charge on any atom is -0.494 e. The van der Waals surface area contributed by atoms with Gasteiger partial charge in [-0.25, -0.2) is 0 Å². The van der Waals surface area contributed by atoms with Crippen molar-refractivity contribution in [2.45, 2.75) is 26.2 Å². The van der Waals surface area contributed by atoms with E-state index >= 15 is 0 Å². The fraction of sp³-hybridized carbons (Fsp3) is 0.292. The van der Waals surface area contributed by atoms with Gasteiger partial charge in [-0.15, -0.1) is 10.2 Å². The Bertz CT molecular complexity index is 913. The molecule has 1 N–H and O–H groups in total. The third kappa shape index (κ3) is 5.80. The molecule has 2 aromatic carbocycles. The molecule has 0 radical (unpaired) electrons. The summed E-state index contributed by atoms with van der Waals surface area (Å²) >= 11 is 0. The largest absolute Gasteiger partial charge is 0.494 e. The van der Waals surface area contributed by atoms with Gasteiger partial charge in [0, 0.05) is 11.6 Å². The predicted octanol–water partition coefficient (Wildman–Crippen LogP) is 4.23. The molecule has 0 spiro atoms. The first-order valence-electron chi connectivity index (χ1n) is 10.2. The summed E-state index contributed by atoms with van der Waals surface area (Å²) in [5.41, 5.74) is 2.73. The van der Waals surface area contributed by atoms with Crippen molar-refractivity contribution in [2.75, 3.05) is 19.8 Å². The van der Waals surface area contributed by atoms with Gasteiger partial charge in [-0.05, 0) is 49.2 Å². The van der Waals surface area contributed by atoms with Crippen LogP contribution in [0.4, 0.5) is 0 Å². The van der Waals surface area contributed by atoms with Crippen LogP contribution in [0.3, 0.4) is 0 Å². The first kappa shape index (κ1) is 21.3. The highest BCUT2D eigenvalue weighted by molar-refractivity contribution is 5.83. The van der Waals surface area contributed by atoms with Crippen LogP contribution >= 0.6 is 0 Å². The number of hydrogen-bond donors (Lipinski definition) is 1. The van der Waals surface area contributed by atoms with Crippen LogP contribution in [-0.2, 0) is 4.79 Å². The molecule has 0 saturated carbocycles. The molecular weight excluding hydrogens is 378 g/mol. The molecule has 3 aromatic rings. The zero-order valence-corrected chi connectivity index (χ0v) is 17.4. The van der Waals surface area contributed by atoms with Gasteiger partial charge in [-0.3, -0.25) is 4.79 Å². The number of rotatable bonds is 10. The van der Waals surface area contributed by atoms with Crippen LogP contribution < -0.4 is 14.8 Å². The van der Waals surface area contributed by atoms with Crippen molar-refractivity contribution in [3.63, 3.8) is 0 Å². The van der Waals surface area contributed by atoms with Gasteiger partial charge in [0.25, 0.3) is 0 Å². The summed E-state index contributed by atoms with van der Waals surface area (Å²) in [6.45, 7) is 5.33. The molecular formula is C24H27N3O3. The molecule has 1 heterocycles. The molecule has 0 aliphatic rings. The van der Waals surface area contributed by atoms with Crippen LogP contribution in [0.15, 0.2) is 66.7 Å². The maximum absolute atomic E-state index is 12.4. The van der Waals surface area contributed by atoms with Gasteiger partial charge < -0.3 is 14.8 Å². The molecule has 6 nitrogen and oxygen atoms in total. The average Bonchev–Trinajstić information content (AvgIpc) is 2.79. The molecule has 0 aliphatic carbocycles. The fourth-order valence-electron chi connectivity index (χ4n) is 3.15. The van der Waals surface area contributed by atoms with Crippen LogP contribution in [-0.4, -0.2) is 35.9 Å². The normalized spacial score (nSPS) is 11.5. The Morgan fingerprint density at radius 2 is 1.70 bits per heavy atom. The third-order valence-electron chi connectivity index (χ3n) is 4.68. The summed E-state index contributed by atoms with van der Waals surface area (Å²) in [6.07, 6.45) is 0.745. The molecule has 1 aromatic heterocycles. The summed E-state index contributed by atoms with van der Waals surface area (Å²) < 4.78 is 11.1. The SMILES string of the molecule is CCOc1ccc(-c2ccc(OCCNC(=O)C(CC)c3ccccc3)nn2)cc1. The topological polar surface area (TPSA) is 73.3 Å². The quantitative estimate of drug-likeness (QED) is 0.511. The summed E-state index contributed by atoms with van der Waals surface area (Å²) in [4.78, 5) is 12.4. The van der Waals surface area contributed by atoms with Gasteiger partial charge in [-0.2, -0.15) is 0 Å². The van der Waals surface area contributed by atoms with Crippen molar-refractivity contribution in [3.8, 4) is 22.9 Å². The second-order valence-corrected chi connectivity index (χ2v) is 6.73. The summed E-state index contributed by atoms with van der Waals surface area (Å²) in [7, 11) is 0. The third-order valence-corrected chi connectivity index (χ3v) is 4.68. The zero-order chi connectivity index (χ0) is 21.2. The van der Waals surface area contributed by atoms with Gasteiger partial charge in [-0.1, -0.05) is 37.3 Å². The van der Waals surface area contributed by atoms with E-state index in [0.29, 0.717) is 25.6 Å². The molecule has 1 unspecified atom stereocenters. The van der Waals surface area contributed by atoms with E-state index in [1.54, 1.807) is 6.07 Å². The maximum Gasteiger partial charge on any atom is 0.233 e. The number of ether oxygens (including phenoxy) is 2. The standard InChI is InChI=1S/C24H27N3O3/c1-3-21(18-8-6-5-7-9-18)24(28)25-16-17-30-23-15-14-22(26-27-23)19-10-12-20(13-11-19)29-4-2/h5-15,21H,3-4,16-17H2,1-2H3,(H,25,28). The van der Waals surface area contributed by atoms with Crippen molar-refractivity contribution < 1.29 is 14.3 Å². The predicted molar refractivity (Wildman–Crippen MR) is 117 cm³/mol. The number of nitrogens with zero attached hydrogens (tertiary/aromatic N) is 2. The Balaban J connectivity index is 1.46. The summed E-state index contributed by atoms with van der Waals surface area (Å²) in [6, 6.07) is 21.2. The van der Waals surface area contributed by atoms with E-state index in [4.69, 9.17) is 9.47 Å². The molecule has 30 heavy (non-hydrogen) atoms. The van der Waals surface area contributed by atoms with E-state index in [9.17, 15) is 4.79 Å². The van der Waals surface area contributed by atoms with Crippen LogP contribution in [0, 0.1) is 0 Å². The lowest BCUT2D eigenvalue weighted by atomic mass is 9.96. The highest BCUT2D eigenvalue weighted by Gasteiger charge is 2.17. The lowest BCUT2D eigenvalue weighted by molar-refractivity contribution is -0.122. The Labute approximate surface area is 177 Å². The second-order valence-electron chi connectivity index (χ2n) is 6.73. The van der Waals surface area contributed by atoms with Crippen LogP contribution in [0.25, 0.3) is 11.3 Å². The first-order chi connectivity index (χ1) is 14.7. The number of carbonyl (C=O) groups is 1. The first-order valence-corrected chi connectivity index (χ1v) is 10.2. The van der Waals surface area contributed by atoms with Crippen LogP contribution in [0.5, 0.6) is 11.6 Å². The van der Waals surface area contributed by atoms with Crippen molar-refractivity contribution in [1.29, 1.82) is 0 Å². The van der Waals surface area contributed by atoms with E-state index in [0.717, 1.165) is 29.0 Å². The molecule has 1 amide bonds. The monoisotopic (exact) mass is 405 g/mol. The van der Waals surface area contributed by atoms with E-state index in [1.165, 1.54) is 0 Å². The van der Waals surface area contributed by atoms with Crippen molar-refractivity contribution in [2.24, 2.45) is 0 Å². The van der Waals surface area contributed by atoms with Crippen LogP contribution in [0.1, 0.15) is 31.7 Å². The van der Waals surface area contributed by atoms with Crippen molar-refractivity contribution in [3.05, 3.63) is 72.3 Å². The number of benzene rings is 2. The number of nitrogens with one attached hydrogen (secondary N) is 1. The maximum atomic E-state index is 12.4. The fourth-order valence-corrected chi connectivity index (χ4v) is 3.15. The Kier molecular flexibility index (Phi) is 7.78. The molecule has 0 aliphatic heterocycles. The van der Waals surface area contributed by atoms with Crippen molar-refractivity contribution >= 4 is 5.91 Å². The molecule has 6 heteroatoms. The minimum absolute atomic E-state index is 0.00392. The lowest BCUT2D eigenvalue weighted by Gasteiger charge is -2.15.